The Labute approximate surface area is 205 Å². The van der Waals surface area contributed by atoms with E-state index in [1.807, 2.05) is 31.2 Å². The van der Waals surface area contributed by atoms with Crippen molar-refractivity contribution in [3.63, 3.8) is 0 Å². The molecule has 0 saturated heterocycles. The summed E-state index contributed by atoms with van der Waals surface area (Å²) in [7, 11) is 3.19. The lowest BCUT2D eigenvalue weighted by atomic mass is 9.98. The van der Waals surface area contributed by atoms with E-state index in [4.69, 9.17) is 18.9 Å². The van der Waals surface area contributed by atoms with Crippen molar-refractivity contribution >= 4 is 11.9 Å². The zero-order valence-corrected chi connectivity index (χ0v) is 20.3. The standard InChI is InChI=1S/C29H29NO5/c1-19-14-25-23(17-30(18-34-25)13-7-10-20-8-5-4-6-9-20)29-27(19)28(31)26(35-29)15-21-11-12-22(32-2)16-24(21)33-3/h4-6,8-9,11-12,14-16H,7,10,13,17-18H2,1-3H3/b26-15-. The second kappa shape index (κ2) is 9.84. The summed E-state index contributed by atoms with van der Waals surface area (Å²) in [6.45, 7) is 4.03. The van der Waals surface area contributed by atoms with E-state index in [0.717, 1.165) is 41.8 Å². The van der Waals surface area contributed by atoms with Gasteiger partial charge in [-0.25, -0.2) is 0 Å². The normalized spacial score (nSPS) is 15.9. The molecule has 3 aromatic carbocycles. The summed E-state index contributed by atoms with van der Waals surface area (Å²) in [6, 6.07) is 17.9. The number of aryl methyl sites for hydroxylation is 2. The van der Waals surface area contributed by atoms with Gasteiger partial charge in [0.15, 0.2) is 5.76 Å². The number of carbonyl (C=O) groups excluding carboxylic acids is 1. The van der Waals surface area contributed by atoms with Crippen molar-refractivity contribution in [1.82, 2.24) is 4.90 Å². The van der Waals surface area contributed by atoms with Gasteiger partial charge in [0.1, 0.15) is 29.7 Å². The maximum Gasteiger partial charge on any atom is 0.232 e. The first kappa shape index (κ1) is 23.0. The zero-order valence-electron chi connectivity index (χ0n) is 20.3. The highest BCUT2D eigenvalue weighted by Crippen LogP contribution is 2.44. The molecule has 0 atom stereocenters. The lowest BCUT2D eigenvalue weighted by Crippen LogP contribution is -2.33. The van der Waals surface area contributed by atoms with E-state index in [2.05, 4.69) is 29.2 Å². The van der Waals surface area contributed by atoms with Gasteiger partial charge in [-0.15, -0.1) is 0 Å². The van der Waals surface area contributed by atoms with E-state index in [1.54, 1.807) is 26.4 Å². The van der Waals surface area contributed by atoms with Crippen molar-refractivity contribution in [3.05, 3.63) is 88.2 Å². The van der Waals surface area contributed by atoms with Crippen LogP contribution in [0.25, 0.3) is 6.08 Å². The number of carbonyl (C=O) groups is 1. The molecule has 180 valence electrons. The molecule has 0 amide bonds. The molecule has 6 heteroatoms. The Balaban J connectivity index is 1.37. The van der Waals surface area contributed by atoms with Crippen LogP contribution >= 0.6 is 0 Å². The minimum atomic E-state index is -0.126. The van der Waals surface area contributed by atoms with Crippen LogP contribution in [0.3, 0.4) is 0 Å². The number of Topliss-reactive ketones (excluding diaryl/α,β-unsaturated/α-hetero) is 1. The third kappa shape index (κ3) is 4.62. The van der Waals surface area contributed by atoms with Crippen LogP contribution in [0, 0.1) is 6.92 Å². The highest BCUT2D eigenvalue weighted by Gasteiger charge is 2.35. The van der Waals surface area contributed by atoms with Crippen LogP contribution in [-0.2, 0) is 13.0 Å². The van der Waals surface area contributed by atoms with Crippen LogP contribution in [0.15, 0.2) is 60.4 Å². The Hall–Kier alpha value is -3.77. The Kier molecular flexibility index (Phi) is 6.47. The minimum Gasteiger partial charge on any atom is -0.497 e. The summed E-state index contributed by atoms with van der Waals surface area (Å²) in [5.74, 6) is 2.84. The molecule has 0 saturated carbocycles. The van der Waals surface area contributed by atoms with E-state index in [9.17, 15) is 4.79 Å². The summed E-state index contributed by atoms with van der Waals surface area (Å²) in [5.41, 5.74) is 4.47. The highest BCUT2D eigenvalue weighted by molar-refractivity contribution is 6.16. The van der Waals surface area contributed by atoms with Crippen molar-refractivity contribution in [2.75, 3.05) is 27.5 Å². The summed E-state index contributed by atoms with van der Waals surface area (Å²) in [5, 5.41) is 0. The second-order valence-electron chi connectivity index (χ2n) is 8.84. The van der Waals surface area contributed by atoms with Crippen molar-refractivity contribution in [3.8, 4) is 23.0 Å². The van der Waals surface area contributed by atoms with E-state index in [0.29, 0.717) is 36.1 Å². The number of nitrogens with zero attached hydrogens (tertiary/aromatic N) is 1. The Morgan fingerprint density at radius 3 is 2.66 bits per heavy atom. The molecule has 6 nitrogen and oxygen atoms in total. The number of fused-ring (bicyclic) bond motifs is 3. The summed E-state index contributed by atoms with van der Waals surface area (Å²) in [6.07, 6.45) is 3.77. The fraction of sp³-hybridized carbons (Fsp3) is 0.276. The first-order valence-corrected chi connectivity index (χ1v) is 11.8. The van der Waals surface area contributed by atoms with Crippen LogP contribution in [0.5, 0.6) is 23.0 Å². The van der Waals surface area contributed by atoms with Crippen LogP contribution in [0.2, 0.25) is 0 Å². The number of rotatable bonds is 7. The summed E-state index contributed by atoms with van der Waals surface area (Å²) < 4.78 is 23.0. The lowest BCUT2D eigenvalue weighted by molar-refractivity contribution is 0.0928. The van der Waals surface area contributed by atoms with Crippen LogP contribution in [-0.4, -0.2) is 38.2 Å². The molecule has 0 fully saturated rings. The highest BCUT2D eigenvalue weighted by atomic mass is 16.5. The van der Waals surface area contributed by atoms with Crippen molar-refractivity contribution in [2.45, 2.75) is 26.3 Å². The van der Waals surface area contributed by atoms with Crippen LogP contribution in [0.4, 0.5) is 0 Å². The van der Waals surface area contributed by atoms with Gasteiger partial charge in [0.05, 0.1) is 25.3 Å². The van der Waals surface area contributed by atoms with E-state index in [1.165, 1.54) is 5.56 Å². The van der Waals surface area contributed by atoms with Gasteiger partial charge >= 0.3 is 0 Å². The number of benzene rings is 3. The maximum absolute atomic E-state index is 13.3. The predicted molar refractivity (Wildman–Crippen MR) is 134 cm³/mol. The lowest BCUT2D eigenvalue weighted by Gasteiger charge is -2.30. The fourth-order valence-electron chi connectivity index (χ4n) is 4.65. The molecule has 5 rings (SSSR count). The third-order valence-electron chi connectivity index (χ3n) is 6.50. The average Bonchev–Trinajstić information content (AvgIpc) is 3.22. The monoisotopic (exact) mass is 471 g/mol. The minimum absolute atomic E-state index is 0.126. The molecule has 0 aliphatic carbocycles. The van der Waals surface area contributed by atoms with Gasteiger partial charge in [-0.3, -0.25) is 9.69 Å². The Bertz CT molecular complexity index is 1280. The number of hydrogen-bond donors (Lipinski definition) is 0. The van der Waals surface area contributed by atoms with Crippen molar-refractivity contribution in [1.29, 1.82) is 0 Å². The van der Waals surface area contributed by atoms with Crippen molar-refractivity contribution < 1.29 is 23.7 Å². The molecule has 0 spiro atoms. The van der Waals surface area contributed by atoms with Gasteiger partial charge in [-0.2, -0.15) is 0 Å². The molecule has 3 aromatic rings. The van der Waals surface area contributed by atoms with Crippen LogP contribution < -0.4 is 18.9 Å². The van der Waals surface area contributed by atoms with Gasteiger partial charge < -0.3 is 18.9 Å². The number of ether oxygens (including phenoxy) is 4. The molecule has 0 radical (unpaired) electrons. The van der Waals surface area contributed by atoms with Crippen LogP contribution in [0.1, 0.15) is 39.0 Å². The summed E-state index contributed by atoms with van der Waals surface area (Å²) in [4.78, 5) is 15.6. The quantitative estimate of drug-likeness (QED) is 0.429. The SMILES string of the molecule is COc1ccc(/C=C2\Oc3c4c(cc(C)c3C2=O)OCN(CCCc2ccccc2)C4)c(OC)c1. The summed E-state index contributed by atoms with van der Waals surface area (Å²) >= 11 is 0. The first-order valence-electron chi connectivity index (χ1n) is 11.8. The molecule has 0 aromatic heterocycles. The predicted octanol–water partition coefficient (Wildman–Crippen LogP) is 5.41. The Morgan fingerprint density at radius 1 is 1.06 bits per heavy atom. The molecule has 35 heavy (non-hydrogen) atoms. The number of methoxy groups -OCH3 is 2. The largest absolute Gasteiger partial charge is 0.497 e. The van der Waals surface area contributed by atoms with Gasteiger partial charge in [0.25, 0.3) is 0 Å². The maximum atomic E-state index is 13.3. The Morgan fingerprint density at radius 2 is 1.89 bits per heavy atom. The smallest absolute Gasteiger partial charge is 0.232 e. The van der Waals surface area contributed by atoms with Gasteiger partial charge in [0, 0.05) is 24.7 Å². The topological polar surface area (TPSA) is 57.2 Å². The van der Waals surface area contributed by atoms with E-state index in [-0.39, 0.29) is 11.5 Å². The van der Waals surface area contributed by atoms with Gasteiger partial charge in [0.2, 0.25) is 5.78 Å². The fourth-order valence-corrected chi connectivity index (χ4v) is 4.65. The molecule has 2 heterocycles. The zero-order chi connectivity index (χ0) is 24.4. The average molecular weight is 472 g/mol. The number of ketones is 1. The molecular formula is C29H29NO5. The van der Waals surface area contributed by atoms with E-state index >= 15 is 0 Å². The molecule has 0 unspecified atom stereocenters. The second-order valence-corrected chi connectivity index (χ2v) is 8.84. The number of hydrogen-bond acceptors (Lipinski definition) is 6. The third-order valence-corrected chi connectivity index (χ3v) is 6.50. The van der Waals surface area contributed by atoms with Gasteiger partial charge in [-0.05, 0) is 55.2 Å². The molecule has 2 aliphatic rings. The van der Waals surface area contributed by atoms with Gasteiger partial charge in [-0.1, -0.05) is 30.3 Å². The van der Waals surface area contributed by atoms with E-state index < -0.39 is 0 Å². The molecule has 0 N–H and O–H groups in total. The molecule has 0 bridgehead atoms. The van der Waals surface area contributed by atoms with Crippen molar-refractivity contribution in [2.24, 2.45) is 0 Å². The molecular weight excluding hydrogens is 442 g/mol. The first-order chi connectivity index (χ1) is 17.1. The molecule has 2 aliphatic heterocycles. The number of allylic oxidation sites excluding steroid dienone is 1.